The lowest BCUT2D eigenvalue weighted by Gasteiger charge is -2.49. The second-order valence-electron chi connectivity index (χ2n) is 5.95. The summed E-state index contributed by atoms with van der Waals surface area (Å²) in [6.07, 6.45) is 2.02. The Labute approximate surface area is 114 Å². The Kier molecular flexibility index (Phi) is 4.11. The molecule has 1 atom stereocenters. The quantitative estimate of drug-likeness (QED) is 0.911. The Morgan fingerprint density at radius 1 is 1.50 bits per heavy atom. The fourth-order valence-corrected chi connectivity index (χ4v) is 3.59. The highest BCUT2D eigenvalue weighted by atomic mass is 32.1. The van der Waals surface area contributed by atoms with Gasteiger partial charge in [-0.2, -0.15) is 11.3 Å². The number of hydrogen-bond donors (Lipinski definition) is 1. The molecule has 0 spiro atoms. The van der Waals surface area contributed by atoms with Crippen molar-refractivity contribution in [3.05, 3.63) is 22.4 Å². The molecule has 1 saturated heterocycles. The lowest BCUT2D eigenvalue weighted by Crippen LogP contribution is -2.59. The Morgan fingerprint density at radius 2 is 2.28 bits per heavy atom. The largest absolute Gasteiger partial charge is 0.375 e. The Bertz CT molecular complexity index is 377. The summed E-state index contributed by atoms with van der Waals surface area (Å²) in [4.78, 5) is 2.42. The van der Waals surface area contributed by atoms with Gasteiger partial charge in [0.05, 0.1) is 5.60 Å². The molecule has 0 saturated carbocycles. The fourth-order valence-electron chi connectivity index (χ4n) is 2.93. The van der Waals surface area contributed by atoms with E-state index in [1.54, 1.807) is 11.3 Å². The van der Waals surface area contributed by atoms with Crippen LogP contribution >= 0.6 is 11.3 Å². The molecule has 1 aromatic heterocycles. The van der Waals surface area contributed by atoms with E-state index in [0.29, 0.717) is 6.54 Å². The molecule has 0 radical (unpaired) electrons. The summed E-state index contributed by atoms with van der Waals surface area (Å²) in [5.74, 6) is 0. The van der Waals surface area contributed by atoms with Gasteiger partial charge in [-0.3, -0.25) is 4.90 Å². The van der Waals surface area contributed by atoms with Crippen LogP contribution < -0.4 is 5.73 Å². The molecular formula is C14H24N2OS. The number of likely N-dealkylation sites (N-methyl/N-ethyl adjacent to an activating group) is 1. The zero-order valence-electron chi connectivity index (χ0n) is 11.6. The first-order valence-corrected chi connectivity index (χ1v) is 7.48. The van der Waals surface area contributed by atoms with E-state index >= 15 is 0 Å². The molecule has 4 heteroatoms. The molecule has 1 aliphatic heterocycles. The maximum Gasteiger partial charge on any atom is 0.0644 e. The average molecular weight is 268 g/mol. The minimum Gasteiger partial charge on any atom is -0.375 e. The third kappa shape index (κ3) is 2.94. The van der Waals surface area contributed by atoms with Gasteiger partial charge in [-0.05, 0) is 56.1 Å². The molecule has 0 bridgehead atoms. The summed E-state index contributed by atoms with van der Waals surface area (Å²) in [7, 11) is 2.19. The topological polar surface area (TPSA) is 38.5 Å². The normalized spacial score (nSPS) is 27.6. The van der Waals surface area contributed by atoms with Gasteiger partial charge in [0.15, 0.2) is 0 Å². The first-order valence-electron chi connectivity index (χ1n) is 6.54. The molecule has 102 valence electrons. The molecule has 1 unspecified atom stereocenters. The van der Waals surface area contributed by atoms with E-state index in [1.807, 2.05) is 0 Å². The first kappa shape index (κ1) is 14.0. The summed E-state index contributed by atoms with van der Waals surface area (Å²) >= 11 is 1.75. The van der Waals surface area contributed by atoms with Crippen molar-refractivity contribution in [1.29, 1.82) is 0 Å². The molecule has 0 aliphatic carbocycles. The summed E-state index contributed by atoms with van der Waals surface area (Å²) in [6, 6.07) is 2.19. The minimum absolute atomic E-state index is 0.0689. The SMILES string of the molecule is CN(Cc1ccsc1)C1(CN)CCOC(C)(C)C1. The monoisotopic (exact) mass is 268 g/mol. The van der Waals surface area contributed by atoms with E-state index in [1.165, 1.54) is 5.56 Å². The van der Waals surface area contributed by atoms with Crippen molar-refractivity contribution in [2.24, 2.45) is 5.73 Å². The number of nitrogens with two attached hydrogens (primary N) is 1. The van der Waals surface area contributed by atoms with Gasteiger partial charge in [0.1, 0.15) is 0 Å². The van der Waals surface area contributed by atoms with Crippen molar-refractivity contribution in [2.75, 3.05) is 20.2 Å². The van der Waals surface area contributed by atoms with Crippen LogP contribution in [0, 0.1) is 0 Å². The molecule has 1 aromatic rings. The number of thiophene rings is 1. The second-order valence-corrected chi connectivity index (χ2v) is 6.73. The van der Waals surface area contributed by atoms with Gasteiger partial charge in [-0.1, -0.05) is 0 Å². The van der Waals surface area contributed by atoms with Crippen LogP contribution in [0.3, 0.4) is 0 Å². The molecule has 1 aliphatic rings. The molecular weight excluding hydrogens is 244 g/mol. The van der Waals surface area contributed by atoms with Crippen molar-refractivity contribution >= 4 is 11.3 Å². The Balaban J connectivity index is 2.11. The van der Waals surface area contributed by atoms with Crippen LogP contribution in [-0.4, -0.2) is 36.2 Å². The molecule has 18 heavy (non-hydrogen) atoms. The van der Waals surface area contributed by atoms with Crippen molar-refractivity contribution in [3.8, 4) is 0 Å². The molecule has 0 aromatic carbocycles. The average Bonchev–Trinajstić information content (AvgIpc) is 2.80. The fraction of sp³-hybridized carbons (Fsp3) is 0.714. The van der Waals surface area contributed by atoms with Gasteiger partial charge in [0.25, 0.3) is 0 Å². The first-order chi connectivity index (χ1) is 8.47. The predicted molar refractivity (Wildman–Crippen MR) is 76.8 cm³/mol. The number of nitrogens with zero attached hydrogens (tertiary/aromatic N) is 1. The highest BCUT2D eigenvalue weighted by Gasteiger charge is 2.42. The highest BCUT2D eigenvalue weighted by Crippen LogP contribution is 2.36. The molecule has 3 nitrogen and oxygen atoms in total. The van der Waals surface area contributed by atoms with Crippen LogP contribution in [0.5, 0.6) is 0 Å². The van der Waals surface area contributed by atoms with Crippen LogP contribution in [0.2, 0.25) is 0 Å². The predicted octanol–water partition coefficient (Wildman–Crippen LogP) is 2.47. The molecule has 2 rings (SSSR count). The molecule has 1 fully saturated rings. The van der Waals surface area contributed by atoms with Gasteiger partial charge in [-0.15, -0.1) is 0 Å². The van der Waals surface area contributed by atoms with Gasteiger partial charge in [-0.25, -0.2) is 0 Å². The Hall–Kier alpha value is -0.420. The van der Waals surface area contributed by atoms with Crippen LogP contribution in [0.4, 0.5) is 0 Å². The summed E-state index contributed by atoms with van der Waals surface area (Å²) < 4.78 is 5.83. The number of rotatable bonds is 4. The third-order valence-corrected chi connectivity index (χ3v) is 4.74. The second kappa shape index (κ2) is 5.29. The zero-order valence-corrected chi connectivity index (χ0v) is 12.4. The maximum absolute atomic E-state index is 6.09. The number of hydrogen-bond acceptors (Lipinski definition) is 4. The van der Waals surface area contributed by atoms with Gasteiger partial charge < -0.3 is 10.5 Å². The van der Waals surface area contributed by atoms with Gasteiger partial charge in [0.2, 0.25) is 0 Å². The van der Waals surface area contributed by atoms with Crippen LogP contribution in [-0.2, 0) is 11.3 Å². The zero-order chi connectivity index (χ0) is 13.2. The van der Waals surface area contributed by atoms with Crippen LogP contribution in [0.25, 0.3) is 0 Å². The standard InChI is InChI=1S/C14H24N2OS/c1-13(2)10-14(11-15,5-6-17-13)16(3)8-12-4-7-18-9-12/h4,7,9H,5-6,8,10-11,15H2,1-3H3. The number of ether oxygens (including phenoxy) is 1. The van der Waals surface area contributed by atoms with Crippen LogP contribution in [0.15, 0.2) is 16.8 Å². The van der Waals surface area contributed by atoms with Crippen molar-refractivity contribution in [2.45, 2.75) is 44.4 Å². The van der Waals surface area contributed by atoms with Crippen LogP contribution in [0.1, 0.15) is 32.3 Å². The van der Waals surface area contributed by atoms with Crippen molar-refractivity contribution in [1.82, 2.24) is 4.90 Å². The summed E-state index contributed by atoms with van der Waals surface area (Å²) in [5.41, 5.74) is 7.47. The van der Waals surface area contributed by atoms with E-state index in [9.17, 15) is 0 Å². The lowest BCUT2D eigenvalue weighted by molar-refractivity contribution is -0.115. The van der Waals surface area contributed by atoms with E-state index in [2.05, 4.69) is 42.6 Å². The molecule has 2 N–H and O–H groups in total. The summed E-state index contributed by atoms with van der Waals surface area (Å²) in [6.45, 7) is 6.79. The van der Waals surface area contributed by atoms with Gasteiger partial charge in [0, 0.05) is 25.2 Å². The molecule has 2 heterocycles. The highest BCUT2D eigenvalue weighted by molar-refractivity contribution is 7.07. The minimum atomic E-state index is -0.0689. The lowest BCUT2D eigenvalue weighted by atomic mass is 9.80. The van der Waals surface area contributed by atoms with E-state index in [-0.39, 0.29) is 11.1 Å². The van der Waals surface area contributed by atoms with Gasteiger partial charge >= 0.3 is 0 Å². The van der Waals surface area contributed by atoms with E-state index in [4.69, 9.17) is 10.5 Å². The van der Waals surface area contributed by atoms with Crippen molar-refractivity contribution in [3.63, 3.8) is 0 Å². The smallest absolute Gasteiger partial charge is 0.0644 e. The molecule has 0 amide bonds. The third-order valence-electron chi connectivity index (χ3n) is 4.00. The summed E-state index contributed by atoms with van der Waals surface area (Å²) in [5, 5.41) is 4.34. The van der Waals surface area contributed by atoms with E-state index < -0.39 is 0 Å². The Morgan fingerprint density at radius 3 is 2.83 bits per heavy atom. The maximum atomic E-state index is 6.09. The van der Waals surface area contributed by atoms with Crippen molar-refractivity contribution < 1.29 is 4.74 Å². The van der Waals surface area contributed by atoms with E-state index in [0.717, 1.165) is 26.0 Å².